The Bertz CT molecular complexity index is 1220. The zero-order valence-corrected chi connectivity index (χ0v) is 19.6. The van der Waals surface area contributed by atoms with Gasteiger partial charge in [0.15, 0.2) is 0 Å². The van der Waals surface area contributed by atoms with Crippen LogP contribution < -0.4 is 15.5 Å². The highest BCUT2D eigenvalue weighted by molar-refractivity contribution is 7.89. The van der Waals surface area contributed by atoms with E-state index in [0.717, 1.165) is 35.9 Å². The number of ether oxygens (including phenoxy) is 1. The van der Waals surface area contributed by atoms with Crippen molar-refractivity contribution in [2.75, 3.05) is 50.1 Å². The first-order valence-corrected chi connectivity index (χ1v) is 12.4. The number of hydrogen-bond acceptors (Lipinski definition) is 7. The van der Waals surface area contributed by atoms with Crippen molar-refractivity contribution in [2.45, 2.75) is 17.7 Å². The predicted octanol–water partition coefficient (Wildman–Crippen LogP) is 1.45. The van der Waals surface area contributed by atoms with Crippen LogP contribution in [0.15, 0.2) is 47.4 Å². The van der Waals surface area contributed by atoms with Gasteiger partial charge >= 0.3 is 5.97 Å². The van der Waals surface area contributed by atoms with E-state index in [9.17, 15) is 22.8 Å². The van der Waals surface area contributed by atoms with E-state index in [0.29, 0.717) is 11.3 Å². The maximum Gasteiger partial charge on any atom is 0.337 e. The number of amides is 2. The van der Waals surface area contributed by atoms with Crippen LogP contribution in [0.25, 0.3) is 0 Å². The lowest BCUT2D eigenvalue weighted by atomic mass is 10.1. The molecule has 0 spiro atoms. The zero-order valence-electron chi connectivity index (χ0n) is 18.7. The quantitative estimate of drug-likeness (QED) is 0.592. The molecule has 2 aromatic carbocycles. The fourth-order valence-electron chi connectivity index (χ4n) is 4.08. The highest BCUT2D eigenvalue weighted by Crippen LogP contribution is 2.31. The van der Waals surface area contributed by atoms with Gasteiger partial charge in [-0.1, -0.05) is 6.07 Å². The molecular formula is C23H26N4O6S. The number of nitrogens with one attached hydrogen (secondary N) is 2. The number of sulfonamides is 1. The summed E-state index contributed by atoms with van der Waals surface area (Å²) in [5.74, 6) is -1.42. The number of benzene rings is 2. The van der Waals surface area contributed by atoms with Crippen LogP contribution in [0.1, 0.15) is 33.6 Å². The Balaban J connectivity index is 1.62. The molecular weight excluding hydrogens is 460 g/mol. The van der Waals surface area contributed by atoms with Crippen LogP contribution in [0.3, 0.4) is 0 Å². The first-order chi connectivity index (χ1) is 16.3. The molecule has 2 N–H and O–H groups in total. The molecule has 0 aliphatic carbocycles. The SMILES string of the molecule is COC(=O)c1ccc(N2CCCC2)c(NC(=O)c2cccc(S(=O)(=O)N3CCNC(=O)C3)c2)c1. The van der Waals surface area contributed by atoms with E-state index in [1.807, 2.05) is 0 Å². The molecule has 0 aromatic heterocycles. The van der Waals surface area contributed by atoms with Gasteiger partial charge in [0.1, 0.15) is 0 Å². The molecule has 0 bridgehead atoms. The van der Waals surface area contributed by atoms with Crippen LogP contribution in [-0.2, 0) is 19.6 Å². The van der Waals surface area contributed by atoms with Crippen molar-refractivity contribution in [3.63, 3.8) is 0 Å². The first-order valence-electron chi connectivity index (χ1n) is 10.9. The van der Waals surface area contributed by atoms with Crippen LogP contribution in [0, 0.1) is 0 Å². The lowest BCUT2D eigenvalue weighted by molar-refractivity contribution is -0.122. The molecule has 2 heterocycles. The summed E-state index contributed by atoms with van der Waals surface area (Å²) < 4.78 is 31.9. The molecule has 2 aliphatic rings. The number of rotatable bonds is 6. The fourth-order valence-corrected chi connectivity index (χ4v) is 5.52. The van der Waals surface area contributed by atoms with Gasteiger partial charge in [0.2, 0.25) is 15.9 Å². The average molecular weight is 487 g/mol. The molecule has 2 amide bonds. The summed E-state index contributed by atoms with van der Waals surface area (Å²) in [6.45, 7) is 1.78. The number of methoxy groups -OCH3 is 1. The number of esters is 1. The third-order valence-electron chi connectivity index (χ3n) is 5.85. The van der Waals surface area contributed by atoms with E-state index in [1.54, 1.807) is 18.2 Å². The zero-order chi connectivity index (χ0) is 24.3. The van der Waals surface area contributed by atoms with E-state index in [-0.39, 0.29) is 36.0 Å². The largest absolute Gasteiger partial charge is 0.465 e. The highest BCUT2D eigenvalue weighted by atomic mass is 32.2. The van der Waals surface area contributed by atoms with E-state index in [2.05, 4.69) is 15.5 Å². The smallest absolute Gasteiger partial charge is 0.337 e. The summed E-state index contributed by atoms with van der Waals surface area (Å²) in [6, 6.07) is 10.7. The molecule has 2 aromatic rings. The minimum atomic E-state index is -3.94. The van der Waals surface area contributed by atoms with Crippen molar-refractivity contribution >= 4 is 39.2 Å². The Hall–Kier alpha value is -3.44. The van der Waals surface area contributed by atoms with Gasteiger partial charge in [-0.15, -0.1) is 0 Å². The molecule has 0 saturated carbocycles. The predicted molar refractivity (Wildman–Crippen MR) is 125 cm³/mol. The number of nitrogens with zero attached hydrogens (tertiary/aromatic N) is 2. The molecule has 0 atom stereocenters. The van der Waals surface area contributed by atoms with E-state index in [4.69, 9.17) is 4.74 Å². The van der Waals surface area contributed by atoms with Gasteiger partial charge in [0.05, 0.1) is 35.5 Å². The molecule has 10 nitrogen and oxygen atoms in total. The maximum atomic E-state index is 13.1. The summed E-state index contributed by atoms with van der Waals surface area (Å²) in [7, 11) is -2.66. The van der Waals surface area contributed by atoms with Crippen LogP contribution >= 0.6 is 0 Å². The third-order valence-corrected chi connectivity index (χ3v) is 7.69. The molecule has 0 radical (unpaired) electrons. The lowest BCUT2D eigenvalue weighted by Crippen LogP contribution is -2.49. The second-order valence-corrected chi connectivity index (χ2v) is 10.0. The molecule has 2 saturated heterocycles. The van der Waals surface area contributed by atoms with E-state index in [1.165, 1.54) is 31.4 Å². The standard InChI is InChI=1S/C23H26N4O6S/c1-33-23(30)17-7-8-20(26-10-2-3-11-26)19(14-17)25-22(29)16-5-4-6-18(13-16)34(31,32)27-12-9-24-21(28)15-27/h4-8,13-14H,2-3,9-12,15H2,1H3,(H,24,28)(H,25,29). The minimum Gasteiger partial charge on any atom is -0.465 e. The normalized spacial score (nSPS) is 16.7. The average Bonchev–Trinajstić information content (AvgIpc) is 3.38. The molecule has 34 heavy (non-hydrogen) atoms. The van der Waals surface area contributed by atoms with Gasteiger partial charge < -0.3 is 20.3 Å². The summed E-state index contributed by atoms with van der Waals surface area (Å²) in [5.41, 5.74) is 1.65. The van der Waals surface area contributed by atoms with Gasteiger partial charge in [-0.05, 0) is 49.2 Å². The molecule has 4 rings (SSSR count). The second-order valence-electron chi connectivity index (χ2n) is 8.09. The first kappa shape index (κ1) is 23.7. The van der Waals surface area contributed by atoms with Gasteiger partial charge in [0.25, 0.3) is 5.91 Å². The van der Waals surface area contributed by atoms with Crippen LogP contribution in [0.4, 0.5) is 11.4 Å². The van der Waals surface area contributed by atoms with Crippen molar-refractivity contribution in [2.24, 2.45) is 0 Å². The van der Waals surface area contributed by atoms with E-state index >= 15 is 0 Å². The molecule has 180 valence electrons. The Morgan fingerprint density at radius 2 is 1.79 bits per heavy atom. The summed E-state index contributed by atoms with van der Waals surface area (Å²) in [5, 5.41) is 5.42. The van der Waals surface area contributed by atoms with Gasteiger partial charge in [-0.3, -0.25) is 9.59 Å². The number of anilines is 2. The minimum absolute atomic E-state index is 0.0714. The molecule has 0 unspecified atom stereocenters. The highest BCUT2D eigenvalue weighted by Gasteiger charge is 2.29. The van der Waals surface area contributed by atoms with Crippen molar-refractivity contribution in [3.05, 3.63) is 53.6 Å². The van der Waals surface area contributed by atoms with Crippen LogP contribution in [-0.4, -0.2) is 70.3 Å². The van der Waals surface area contributed by atoms with Crippen LogP contribution in [0.5, 0.6) is 0 Å². The molecule has 11 heteroatoms. The third kappa shape index (κ3) is 4.90. The van der Waals surface area contributed by atoms with Crippen molar-refractivity contribution in [1.29, 1.82) is 0 Å². The number of piperazine rings is 1. The Morgan fingerprint density at radius 1 is 1.03 bits per heavy atom. The topological polar surface area (TPSA) is 125 Å². The molecule has 2 fully saturated rings. The van der Waals surface area contributed by atoms with Gasteiger partial charge in [-0.2, -0.15) is 4.31 Å². The van der Waals surface area contributed by atoms with E-state index < -0.39 is 21.9 Å². The summed E-state index contributed by atoms with van der Waals surface area (Å²) in [6.07, 6.45) is 2.06. The van der Waals surface area contributed by atoms with Gasteiger partial charge in [0, 0.05) is 31.7 Å². The molecule has 2 aliphatic heterocycles. The monoisotopic (exact) mass is 486 g/mol. The summed E-state index contributed by atoms with van der Waals surface area (Å²) >= 11 is 0. The Labute approximate surface area is 197 Å². The van der Waals surface area contributed by atoms with Crippen molar-refractivity contribution in [3.8, 4) is 0 Å². The summed E-state index contributed by atoms with van der Waals surface area (Å²) in [4.78, 5) is 38.9. The van der Waals surface area contributed by atoms with Crippen molar-refractivity contribution in [1.82, 2.24) is 9.62 Å². The number of hydrogen-bond donors (Lipinski definition) is 2. The van der Waals surface area contributed by atoms with Crippen molar-refractivity contribution < 1.29 is 27.5 Å². The fraction of sp³-hybridized carbons (Fsp3) is 0.348. The number of carbonyl (C=O) groups is 3. The second kappa shape index (κ2) is 9.82. The van der Waals surface area contributed by atoms with Gasteiger partial charge in [-0.25, -0.2) is 13.2 Å². The lowest BCUT2D eigenvalue weighted by Gasteiger charge is -2.26. The van der Waals surface area contributed by atoms with Crippen LogP contribution in [0.2, 0.25) is 0 Å². The Kier molecular flexibility index (Phi) is 6.85. The maximum absolute atomic E-state index is 13.1. The number of carbonyl (C=O) groups excluding carboxylic acids is 3. The Morgan fingerprint density at radius 3 is 2.50 bits per heavy atom.